The summed E-state index contributed by atoms with van der Waals surface area (Å²) in [6.45, 7) is 0. The molecule has 2 rings (SSSR count). The number of amides is 1. The Bertz CT molecular complexity index is 465. The number of carbonyl (C=O) groups is 1. The van der Waals surface area contributed by atoms with E-state index in [0.717, 1.165) is 5.69 Å². The first kappa shape index (κ1) is 9.39. The summed E-state index contributed by atoms with van der Waals surface area (Å²) < 4.78 is 4.75. The van der Waals surface area contributed by atoms with E-state index < -0.39 is 5.91 Å². The third kappa shape index (κ3) is 2.19. The van der Waals surface area contributed by atoms with Gasteiger partial charge in [-0.25, -0.2) is 0 Å². The van der Waals surface area contributed by atoms with Gasteiger partial charge in [0.15, 0.2) is 0 Å². The molecule has 0 spiro atoms. The van der Waals surface area contributed by atoms with Gasteiger partial charge < -0.3 is 10.3 Å². The lowest BCUT2D eigenvalue weighted by Gasteiger charge is -1.93. The molecule has 15 heavy (non-hydrogen) atoms. The summed E-state index contributed by atoms with van der Waals surface area (Å²) in [5.41, 5.74) is 6.54. The second-order valence-electron chi connectivity index (χ2n) is 3.04. The first-order valence-corrected chi connectivity index (χ1v) is 4.41. The third-order valence-corrected chi connectivity index (χ3v) is 1.89. The summed E-state index contributed by atoms with van der Waals surface area (Å²) in [6, 6.07) is 7.12. The van der Waals surface area contributed by atoms with E-state index in [9.17, 15) is 4.79 Å². The van der Waals surface area contributed by atoms with Crippen LogP contribution < -0.4 is 5.73 Å². The maximum Gasteiger partial charge on any atom is 0.287 e. The average Bonchev–Trinajstić information content (AvgIpc) is 2.68. The molecule has 0 aliphatic carbocycles. The van der Waals surface area contributed by atoms with E-state index in [4.69, 9.17) is 10.3 Å². The van der Waals surface area contributed by atoms with Crippen LogP contribution in [0.4, 0.5) is 0 Å². The molecule has 2 aromatic heterocycles. The van der Waals surface area contributed by atoms with Crippen LogP contribution in [0.25, 0.3) is 0 Å². The zero-order valence-corrected chi connectivity index (χ0v) is 7.88. The molecule has 0 unspecified atom stereocenters. The quantitative estimate of drug-likeness (QED) is 0.798. The van der Waals surface area contributed by atoms with E-state index in [0.29, 0.717) is 12.1 Å². The van der Waals surface area contributed by atoms with Crippen molar-refractivity contribution in [3.63, 3.8) is 0 Å². The third-order valence-electron chi connectivity index (χ3n) is 1.89. The summed E-state index contributed by atoms with van der Waals surface area (Å²) in [6.07, 6.45) is 2.22. The molecule has 5 heteroatoms. The lowest BCUT2D eigenvalue weighted by atomic mass is 10.2. The second-order valence-corrected chi connectivity index (χ2v) is 3.04. The second kappa shape index (κ2) is 3.91. The van der Waals surface area contributed by atoms with Gasteiger partial charge in [0.25, 0.3) is 5.91 Å². The number of nitrogens with zero attached hydrogens (tertiary/aromatic N) is 2. The van der Waals surface area contributed by atoms with Crippen LogP contribution in [-0.4, -0.2) is 16.0 Å². The van der Waals surface area contributed by atoms with E-state index in [1.165, 1.54) is 6.07 Å². The first-order chi connectivity index (χ1) is 7.25. The number of pyridine rings is 1. The maximum atomic E-state index is 10.7. The Labute approximate surface area is 85.9 Å². The van der Waals surface area contributed by atoms with Crippen molar-refractivity contribution >= 4 is 5.91 Å². The Morgan fingerprint density at radius 1 is 1.40 bits per heavy atom. The highest BCUT2D eigenvalue weighted by atomic mass is 16.5. The minimum absolute atomic E-state index is 0.0703. The van der Waals surface area contributed by atoms with Gasteiger partial charge in [0.2, 0.25) is 5.76 Å². The lowest BCUT2D eigenvalue weighted by Crippen LogP contribution is -2.09. The molecule has 0 saturated carbocycles. The Morgan fingerprint density at radius 3 is 2.87 bits per heavy atom. The first-order valence-electron chi connectivity index (χ1n) is 4.41. The van der Waals surface area contributed by atoms with Crippen LogP contribution in [0.1, 0.15) is 21.9 Å². The minimum Gasteiger partial charge on any atom is -0.363 e. The molecule has 2 aromatic rings. The van der Waals surface area contributed by atoms with Crippen LogP contribution in [0, 0.1) is 0 Å². The fraction of sp³-hybridized carbons (Fsp3) is 0.100. The molecule has 2 N–H and O–H groups in total. The predicted octanol–water partition coefficient (Wildman–Crippen LogP) is 0.759. The van der Waals surface area contributed by atoms with Crippen LogP contribution in [0.15, 0.2) is 35.0 Å². The Morgan fingerprint density at radius 2 is 2.27 bits per heavy atom. The number of hydrogen-bond donors (Lipinski definition) is 1. The van der Waals surface area contributed by atoms with Gasteiger partial charge in [0.05, 0.1) is 5.69 Å². The van der Waals surface area contributed by atoms with Crippen molar-refractivity contribution in [2.75, 3.05) is 0 Å². The maximum absolute atomic E-state index is 10.7. The van der Waals surface area contributed by atoms with Crippen molar-refractivity contribution in [2.24, 2.45) is 5.73 Å². The number of hydrogen-bond acceptors (Lipinski definition) is 4. The van der Waals surface area contributed by atoms with E-state index in [-0.39, 0.29) is 5.76 Å². The fourth-order valence-corrected chi connectivity index (χ4v) is 1.20. The molecule has 0 aliphatic heterocycles. The molecule has 5 nitrogen and oxygen atoms in total. The van der Waals surface area contributed by atoms with Crippen LogP contribution in [0.2, 0.25) is 0 Å². The van der Waals surface area contributed by atoms with Crippen molar-refractivity contribution in [1.82, 2.24) is 10.1 Å². The average molecular weight is 203 g/mol. The van der Waals surface area contributed by atoms with Crippen molar-refractivity contribution in [3.8, 4) is 0 Å². The normalized spacial score (nSPS) is 10.1. The van der Waals surface area contributed by atoms with Crippen LogP contribution >= 0.6 is 0 Å². The zero-order chi connectivity index (χ0) is 10.7. The number of aromatic nitrogens is 2. The van der Waals surface area contributed by atoms with Crippen LogP contribution in [-0.2, 0) is 6.42 Å². The topological polar surface area (TPSA) is 82.0 Å². The molecular formula is C10H9N3O2. The van der Waals surface area contributed by atoms with Gasteiger partial charge in [0, 0.05) is 24.4 Å². The standard InChI is InChI=1S/C10H9N3O2/c11-10(14)9-6-8(13-15-9)5-7-3-1-2-4-12-7/h1-4,6H,5H2,(H2,11,14). The molecule has 0 radical (unpaired) electrons. The zero-order valence-electron chi connectivity index (χ0n) is 7.88. The highest BCUT2D eigenvalue weighted by molar-refractivity contribution is 5.89. The summed E-state index contributed by atoms with van der Waals surface area (Å²) >= 11 is 0. The largest absolute Gasteiger partial charge is 0.363 e. The van der Waals surface area contributed by atoms with E-state index >= 15 is 0 Å². The lowest BCUT2D eigenvalue weighted by molar-refractivity contribution is 0.0965. The van der Waals surface area contributed by atoms with Crippen molar-refractivity contribution in [1.29, 1.82) is 0 Å². The number of carbonyl (C=O) groups excluding carboxylic acids is 1. The van der Waals surface area contributed by atoms with Crippen LogP contribution in [0.3, 0.4) is 0 Å². The smallest absolute Gasteiger partial charge is 0.287 e. The molecule has 0 saturated heterocycles. The molecule has 0 fully saturated rings. The molecule has 76 valence electrons. The predicted molar refractivity (Wildman–Crippen MR) is 52.1 cm³/mol. The molecular weight excluding hydrogens is 194 g/mol. The summed E-state index contributed by atoms with van der Waals surface area (Å²) in [4.78, 5) is 14.9. The Balaban J connectivity index is 2.15. The van der Waals surface area contributed by atoms with Gasteiger partial charge in [-0.2, -0.15) is 0 Å². The summed E-state index contributed by atoms with van der Waals surface area (Å²) in [5.74, 6) is -0.546. The molecule has 1 amide bonds. The Hall–Kier alpha value is -2.17. The van der Waals surface area contributed by atoms with Crippen molar-refractivity contribution < 1.29 is 9.32 Å². The number of primary amides is 1. The molecule has 0 aromatic carbocycles. The number of rotatable bonds is 3. The van der Waals surface area contributed by atoms with Crippen LogP contribution in [0.5, 0.6) is 0 Å². The SMILES string of the molecule is NC(=O)c1cc(Cc2ccccn2)no1. The monoisotopic (exact) mass is 203 g/mol. The van der Waals surface area contributed by atoms with Gasteiger partial charge in [-0.3, -0.25) is 9.78 Å². The van der Waals surface area contributed by atoms with Gasteiger partial charge in [-0.05, 0) is 12.1 Å². The van der Waals surface area contributed by atoms with Crippen molar-refractivity contribution in [3.05, 3.63) is 47.6 Å². The molecule has 0 bridgehead atoms. The van der Waals surface area contributed by atoms with Gasteiger partial charge in [-0.15, -0.1) is 0 Å². The fourth-order valence-electron chi connectivity index (χ4n) is 1.20. The van der Waals surface area contributed by atoms with Gasteiger partial charge >= 0.3 is 0 Å². The van der Waals surface area contributed by atoms with Gasteiger partial charge in [-0.1, -0.05) is 11.2 Å². The van der Waals surface area contributed by atoms with E-state index in [1.54, 1.807) is 6.20 Å². The van der Waals surface area contributed by atoms with E-state index in [2.05, 4.69) is 10.1 Å². The highest BCUT2D eigenvalue weighted by Gasteiger charge is 2.09. The summed E-state index contributed by atoms with van der Waals surface area (Å²) in [5, 5.41) is 3.72. The van der Waals surface area contributed by atoms with Gasteiger partial charge in [0.1, 0.15) is 0 Å². The Kier molecular flexibility index (Phi) is 2.45. The molecule has 0 atom stereocenters. The highest BCUT2D eigenvalue weighted by Crippen LogP contribution is 2.07. The molecule has 0 aliphatic rings. The molecule has 2 heterocycles. The van der Waals surface area contributed by atoms with E-state index in [1.807, 2.05) is 18.2 Å². The van der Waals surface area contributed by atoms with Crippen molar-refractivity contribution in [2.45, 2.75) is 6.42 Å². The minimum atomic E-state index is -0.616. The summed E-state index contributed by atoms with van der Waals surface area (Å²) in [7, 11) is 0. The number of nitrogens with two attached hydrogens (primary N) is 1.